The van der Waals surface area contributed by atoms with Gasteiger partial charge in [-0.05, 0) is 25.3 Å². The van der Waals surface area contributed by atoms with Gasteiger partial charge in [0, 0.05) is 0 Å². The van der Waals surface area contributed by atoms with Crippen LogP contribution in [0.15, 0.2) is 0 Å². The van der Waals surface area contributed by atoms with E-state index in [1.54, 1.807) is 0 Å². The van der Waals surface area contributed by atoms with Gasteiger partial charge in [0.25, 0.3) is 0 Å². The minimum Gasteiger partial charge on any atom is -0.330 e. The lowest BCUT2D eigenvalue weighted by Crippen LogP contribution is -2.14. The van der Waals surface area contributed by atoms with Gasteiger partial charge in [-0.15, -0.1) is 0 Å². The molecule has 1 nitrogen and oxygen atoms in total. The molecule has 0 atom stereocenters. The first-order chi connectivity index (χ1) is 8.93. The number of hydrogen-bond donors (Lipinski definition) is 1. The van der Waals surface area contributed by atoms with E-state index in [0.29, 0.717) is 0 Å². The van der Waals surface area contributed by atoms with Gasteiger partial charge in [-0.1, -0.05) is 83.5 Å². The highest BCUT2D eigenvalue weighted by atomic mass is 14.5. The van der Waals surface area contributed by atoms with E-state index in [4.69, 9.17) is 5.73 Å². The summed E-state index contributed by atoms with van der Waals surface area (Å²) in [6, 6.07) is 0. The predicted octanol–water partition coefficient (Wildman–Crippen LogP) is 5.43. The van der Waals surface area contributed by atoms with E-state index in [1.807, 2.05) is 0 Å². The summed E-state index contributed by atoms with van der Waals surface area (Å²) in [5.74, 6) is 0.818. The standard InChI is InChI=1S/C17H35N/c18-16-17-14-12-10-8-6-4-2-1-3-5-7-9-11-13-15-17/h17H,1-16,18H2. The maximum absolute atomic E-state index is 5.89. The number of nitrogens with two attached hydrogens (primary N) is 1. The Morgan fingerprint density at radius 3 is 1.06 bits per heavy atom. The van der Waals surface area contributed by atoms with E-state index >= 15 is 0 Å². The smallest absolute Gasteiger partial charge is 0.00489 e. The third-order valence-electron chi connectivity index (χ3n) is 4.56. The summed E-state index contributed by atoms with van der Waals surface area (Å²) in [5, 5.41) is 0. The van der Waals surface area contributed by atoms with Gasteiger partial charge in [-0.2, -0.15) is 0 Å². The summed E-state index contributed by atoms with van der Waals surface area (Å²) in [6.07, 6.45) is 21.7. The van der Waals surface area contributed by atoms with Crippen molar-refractivity contribution in [2.75, 3.05) is 6.54 Å². The average molecular weight is 253 g/mol. The Morgan fingerprint density at radius 2 is 0.778 bits per heavy atom. The molecule has 0 radical (unpaired) electrons. The van der Waals surface area contributed by atoms with Gasteiger partial charge in [-0.3, -0.25) is 0 Å². The van der Waals surface area contributed by atoms with Gasteiger partial charge in [0.15, 0.2) is 0 Å². The van der Waals surface area contributed by atoms with Crippen LogP contribution >= 0.6 is 0 Å². The Kier molecular flexibility index (Phi) is 10.7. The molecule has 0 heterocycles. The van der Waals surface area contributed by atoms with Gasteiger partial charge in [0.2, 0.25) is 0 Å². The fourth-order valence-corrected chi connectivity index (χ4v) is 3.19. The topological polar surface area (TPSA) is 26.0 Å². The van der Waals surface area contributed by atoms with Crippen molar-refractivity contribution in [2.45, 2.75) is 96.3 Å². The molecule has 18 heavy (non-hydrogen) atoms. The Bertz CT molecular complexity index is 151. The zero-order chi connectivity index (χ0) is 12.9. The monoisotopic (exact) mass is 253 g/mol. The third kappa shape index (κ3) is 8.97. The Balaban J connectivity index is 2.15. The highest BCUT2D eigenvalue weighted by Gasteiger charge is 2.06. The molecule has 0 aromatic rings. The van der Waals surface area contributed by atoms with Crippen molar-refractivity contribution < 1.29 is 0 Å². The summed E-state index contributed by atoms with van der Waals surface area (Å²) in [6.45, 7) is 0.917. The van der Waals surface area contributed by atoms with E-state index in [-0.39, 0.29) is 0 Å². The van der Waals surface area contributed by atoms with Crippen molar-refractivity contribution in [1.29, 1.82) is 0 Å². The molecule has 1 rings (SSSR count). The molecule has 1 saturated carbocycles. The van der Waals surface area contributed by atoms with Gasteiger partial charge < -0.3 is 5.73 Å². The summed E-state index contributed by atoms with van der Waals surface area (Å²) in [5.41, 5.74) is 5.89. The lowest BCUT2D eigenvalue weighted by molar-refractivity contribution is 0.407. The zero-order valence-electron chi connectivity index (χ0n) is 12.5. The van der Waals surface area contributed by atoms with Crippen LogP contribution in [-0.4, -0.2) is 6.54 Å². The van der Waals surface area contributed by atoms with E-state index in [2.05, 4.69) is 0 Å². The molecule has 1 fully saturated rings. The van der Waals surface area contributed by atoms with Crippen LogP contribution in [0.5, 0.6) is 0 Å². The fourth-order valence-electron chi connectivity index (χ4n) is 3.19. The Labute approximate surface area is 115 Å². The Hall–Kier alpha value is -0.0400. The van der Waals surface area contributed by atoms with E-state index in [9.17, 15) is 0 Å². The maximum Gasteiger partial charge on any atom is -0.00489 e. The molecule has 108 valence electrons. The molecule has 0 unspecified atom stereocenters. The first-order valence-corrected chi connectivity index (χ1v) is 8.63. The molecule has 2 N–H and O–H groups in total. The second kappa shape index (κ2) is 12.0. The highest BCUT2D eigenvalue weighted by molar-refractivity contribution is 4.61. The molecule has 1 aliphatic carbocycles. The summed E-state index contributed by atoms with van der Waals surface area (Å²) in [7, 11) is 0. The van der Waals surface area contributed by atoms with Crippen LogP contribution in [0.1, 0.15) is 96.3 Å². The molecule has 0 aromatic heterocycles. The summed E-state index contributed by atoms with van der Waals surface area (Å²) in [4.78, 5) is 0. The first-order valence-electron chi connectivity index (χ1n) is 8.63. The maximum atomic E-state index is 5.89. The van der Waals surface area contributed by atoms with Crippen molar-refractivity contribution in [3.63, 3.8) is 0 Å². The van der Waals surface area contributed by atoms with Crippen molar-refractivity contribution >= 4 is 0 Å². The summed E-state index contributed by atoms with van der Waals surface area (Å²) >= 11 is 0. The van der Waals surface area contributed by atoms with Crippen molar-refractivity contribution in [2.24, 2.45) is 11.7 Å². The number of hydrogen-bond acceptors (Lipinski definition) is 1. The van der Waals surface area contributed by atoms with Gasteiger partial charge in [-0.25, -0.2) is 0 Å². The molecule has 1 aliphatic rings. The lowest BCUT2D eigenvalue weighted by atomic mass is 9.94. The van der Waals surface area contributed by atoms with Crippen LogP contribution in [0.3, 0.4) is 0 Å². The van der Waals surface area contributed by atoms with Gasteiger partial charge in [0.05, 0.1) is 0 Å². The molecule has 0 bridgehead atoms. The highest BCUT2D eigenvalue weighted by Crippen LogP contribution is 2.19. The van der Waals surface area contributed by atoms with Crippen molar-refractivity contribution in [3.05, 3.63) is 0 Å². The molecular weight excluding hydrogens is 218 g/mol. The van der Waals surface area contributed by atoms with Crippen LogP contribution < -0.4 is 5.73 Å². The minimum atomic E-state index is 0.818. The van der Waals surface area contributed by atoms with Gasteiger partial charge in [0.1, 0.15) is 0 Å². The van der Waals surface area contributed by atoms with Crippen LogP contribution in [-0.2, 0) is 0 Å². The minimum absolute atomic E-state index is 0.818. The SMILES string of the molecule is NCC1CCCCCCCCCCCCCCC1. The molecule has 0 spiro atoms. The van der Waals surface area contributed by atoms with Crippen LogP contribution in [0, 0.1) is 5.92 Å². The van der Waals surface area contributed by atoms with Crippen LogP contribution in [0.25, 0.3) is 0 Å². The predicted molar refractivity (Wildman–Crippen MR) is 81.8 cm³/mol. The lowest BCUT2D eigenvalue weighted by Gasteiger charge is -2.14. The average Bonchev–Trinajstić information content (AvgIpc) is 2.39. The molecule has 0 amide bonds. The molecular formula is C17H35N. The Morgan fingerprint density at radius 1 is 0.500 bits per heavy atom. The zero-order valence-corrected chi connectivity index (χ0v) is 12.5. The second-order valence-electron chi connectivity index (χ2n) is 6.28. The van der Waals surface area contributed by atoms with E-state index < -0.39 is 0 Å². The van der Waals surface area contributed by atoms with Gasteiger partial charge >= 0.3 is 0 Å². The van der Waals surface area contributed by atoms with E-state index in [0.717, 1.165) is 12.5 Å². The van der Waals surface area contributed by atoms with Crippen molar-refractivity contribution in [1.82, 2.24) is 0 Å². The fraction of sp³-hybridized carbons (Fsp3) is 1.00. The normalized spacial score (nSPS) is 23.8. The second-order valence-corrected chi connectivity index (χ2v) is 6.28. The van der Waals surface area contributed by atoms with E-state index in [1.165, 1.54) is 96.3 Å². The van der Waals surface area contributed by atoms with Crippen LogP contribution in [0.4, 0.5) is 0 Å². The largest absolute Gasteiger partial charge is 0.330 e. The molecule has 0 aromatic carbocycles. The molecule has 0 aliphatic heterocycles. The molecule has 0 saturated heterocycles. The number of rotatable bonds is 1. The summed E-state index contributed by atoms with van der Waals surface area (Å²) < 4.78 is 0. The quantitative estimate of drug-likeness (QED) is 0.663. The van der Waals surface area contributed by atoms with Crippen LogP contribution in [0.2, 0.25) is 0 Å². The third-order valence-corrected chi connectivity index (χ3v) is 4.56. The molecule has 1 heteroatoms. The first kappa shape index (κ1) is 16.0. The van der Waals surface area contributed by atoms with Crippen molar-refractivity contribution in [3.8, 4) is 0 Å².